The molecule has 0 aliphatic carbocycles. The van der Waals surface area contributed by atoms with Crippen LogP contribution in [0.15, 0.2) is 21.8 Å². The van der Waals surface area contributed by atoms with E-state index < -0.39 is 0 Å². The first-order valence-corrected chi connectivity index (χ1v) is 7.99. The van der Waals surface area contributed by atoms with Gasteiger partial charge < -0.3 is 24.6 Å². The fourth-order valence-corrected chi connectivity index (χ4v) is 2.19. The van der Waals surface area contributed by atoms with Crippen molar-refractivity contribution in [2.24, 2.45) is 4.99 Å². The summed E-state index contributed by atoms with van der Waals surface area (Å²) in [5.41, 5.74) is 0.817. The second kappa shape index (κ2) is 12.5. The Morgan fingerprint density at radius 1 is 1.48 bits per heavy atom. The van der Waals surface area contributed by atoms with Gasteiger partial charge in [-0.1, -0.05) is 5.16 Å². The Morgan fingerprint density at radius 2 is 2.39 bits per heavy atom. The highest BCUT2D eigenvalue weighted by Gasteiger charge is 2.14. The minimum absolute atomic E-state index is 0. The molecule has 2 rings (SSSR count). The molecule has 0 spiro atoms. The van der Waals surface area contributed by atoms with Crippen LogP contribution in [-0.2, 0) is 16.0 Å². The Bertz CT molecular complexity index is 422. The number of guanidine groups is 1. The van der Waals surface area contributed by atoms with Gasteiger partial charge in [0.2, 0.25) is 0 Å². The van der Waals surface area contributed by atoms with Crippen LogP contribution in [0.1, 0.15) is 31.9 Å². The summed E-state index contributed by atoms with van der Waals surface area (Å²) in [4.78, 5) is 4.45. The summed E-state index contributed by atoms with van der Waals surface area (Å²) >= 11 is 0. The standard InChI is InChI=1S/C15H26N4O3.HI/c1-2-16-15(18-11-13-6-10-22-19-13)17-7-4-8-20-12-14-5-3-9-21-14;/h6,10,14H,2-5,7-9,11-12H2,1H3,(H2,16,17,18);1H. The first kappa shape index (κ1) is 20.2. The van der Waals surface area contributed by atoms with Gasteiger partial charge in [-0.3, -0.25) is 0 Å². The van der Waals surface area contributed by atoms with Crippen molar-refractivity contribution in [1.29, 1.82) is 0 Å². The quantitative estimate of drug-likeness (QED) is 0.266. The molecule has 1 unspecified atom stereocenters. The lowest BCUT2D eigenvalue weighted by Crippen LogP contribution is -2.38. The molecule has 0 bridgehead atoms. The molecule has 132 valence electrons. The molecule has 0 amide bonds. The Balaban J connectivity index is 0.00000264. The van der Waals surface area contributed by atoms with Crippen molar-refractivity contribution < 1.29 is 14.0 Å². The van der Waals surface area contributed by atoms with Crippen molar-refractivity contribution in [3.05, 3.63) is 18.0 Å². The minimum atomic E-state index is 0. The molecule has 1 fully saturated rings. The van der Waals surface area contributed by atoms with E-state index in [-0.39, 0.29) is 24.0 Å². The van der Waals surface area contributed by atoms with E-state index >= 15 is 0 Å². The van der Waals surface area contributed by atoms with Crippen LogP contribution in [0.4, 0.5) is 0 Å². The molecule has 0 saturated carbocycles. The molecule has 1 aromatic heterocycles. The van der Waals surface area contributed by atoms with Crippen molar-refractivity contribution in [2.75, 3.05) is 32.9 Å². The molecular formula is C15H27IN4O3. The lowest BCUT2D eigenvalue weighted by Gasteiger charge is -2.12. The largest absolute Gasteiger partial charge is 0.379 e. The highest BCUT2D eigenvalue weighted by atomic mass is 127. The predicted octanol–water partition coefficient (Wildman–Crippen LogP) is 1.93. The van der Waals surface area contributed by atoms with E-state index in [0.29, 0.717) is 19.3 Å². The molecule has 0 aromatic carbocycles. The van der Waals surface area contributed by atoms with Crippen LogP contribution in [0.5, 0.6) is 0 Å². The van der Waals surface area contributed by atoms with Crippen molar-refractivity contribution in [2.45, 2.75) is 38.8 Å². The number of hydrogen-bond acceptors (Lipinski definition) is 5. The molecule has 2 N–H and O–H groups in total. The van der Waals surface area contributed by atoms with E-state index in [1.807, 2.05) is 13.0 Å². The number of aromatic nitrogens is 1. The Labute approximate surface area is 154 Å². The smallest absolute Gasteiger partial charge is 0.191 e. The molecule has 1 aromatic rings. The van der Waals surface area contributed by atoms with Crippen molar-refractivity contribution in [3.8, 4) is 0 Å². The van der Waals surface area contributed by atoms with Gasteiger partial charge in [0.05, 0.1) is 19.3 Å². The summed E-state index contributed by atoms with van der Waals surface area (Å²) in [6.45, 7) is 6.50. The van der Waals surface area contributed by atoms with Crippen LogP contribution < -0.4 is 10.6 Å². The lowest BCUT2D eigenvalue weighted by molar-refractivity contribution is 0.0168. The Morgan fingerprint density at radius 3 is 3.09 bits per heavy atom. The Kier molecular flexibility index (Phi) is 11.0. The summed E-state index contributed by atoms with van der Waals surface area (Å²) in [6.07, 6.45) is 5.06. The molecule has 8 heteroatoms. The van der Waals surface area contributed by atoms with E-state index in [1.54, 1.807) is 6.26 Å². The third-order valence-corrected chi connectivity index (χ3v) is 3.32. The summed E-state index contributed by atoms with van der Waals surface area (Å²) < 4.78 is 15.9. The maximum absolute atomic E-state index is 5.63. The van der Waals surface area contributed by atoms with E-state index in [2.05, 4.69) is 20.8 Å². The molecule has 2 heterocycles. The number of rotatable bonds is 9. The zero-order valence-electron chi connectivity index (χ0n) is 13.6. The van der Waals surface area contributed by atoms with Gasteiger partial charge in [0.1, 0.15) is 12.0 Å². The summed E-state index contributed by atoms with van der Waals surface area (Å²) in [5, 5.41) is 10.3. The number of halogens is 1. The first-order valence-electron chi connectivity index (χ1n) is 7.99. The molecule has 23 heavy (non-hydrogen) atoms. The van der Waals surface area contributed by atoms with Crippen LogP contribution in [0.25, 0.3) is 0 Å². The zero-order valence-corrected chi connectivity index (χ0v) is 16.0. The summed E-state index contributed by atoms with van der Waals surface area (Å²) in [7, 11) is 0. The molecule has 7 nitrogen and oxygen atoms in total. The van der Waals surface area contributed by atoms with Crippen LogP contribution in [-0.4, -0.2) is 50.1 Å². The molecule has 1 atom stereocenters. The van der Waals surface area contributed by atoms with Crippen LogP contribution in [0.2, 0.25) is 0 Å². The number of hydrogen-bond donors (Lipinski definition) is 2. The van der Waals surface area contributed by atoms with E-state index in [4.69, 9.17) is 14.0 Å². The van der Waals surface area contributed by atoms with Gasteiger partial charge in [0.15, 0.2) is 5.96 Å². The molecule has 1 aliphatic heterocycles. The molecule has 1 saturated heterocycles. The van der Waals surface area contributed by atoms with E-state index in [0.717, 1.165) is 57.2 Å². The molecule has 1 aliphatic rings. The Hall–Kier alpha value is -0.870. The van der Waals surface area contributed by atoms with Gasteiger partial charge in [-0.05, 0) is 26.2 Å². The summed E-state index contributed by atoms with van der Waals surface area (Å²) in [5.74, 6) is 0.782. The van der Waals surface area contributed by atoms with Crippen molar-refractivity contribution >= 4 is 29.9 Å². The van der Waals surface area contributed by atoms with E-state index in [1.165, 1.54) is 0 Å². The number of nitrogens with zero attached hydrogens (tertiary/aromatic N) is 2. The number of nitrogens with one attached hydrogen (secondary N) is 2. The second-order valence-corrected chi connectivity index (χ2v) is 5.18. The minimum Gasteiger partial charge on any atom is -0.379 e. The van der Waals surface area contributed by atoms with Gasteiger partial charge in [0, 0.05) is 32.4 Å². The third kappa shape index (κ3) is 8.52. The zero-order chi connectivity index (χ0) is 15.5. The lowest BCUT2D eigenvalue weighted by atomic mass is 10.2. The van der Waals surface area contributed by atoms with Gasteiger partial charge in [0.25, 0.3) is 0 Å². The van der Waals surface area contributed by atoms with Gasteiger partial charge >= 0.3 is 0 Å². The van der Waals surface area contributed by atoms with Gasteiger partial charge in [-0.2, -0.15) is 0 Å². The van der Waals surface area contributed by atoms with Crippen LogP contribution in [0, 0.1) is 0 Å². The van der Waals surface area contributed by atoms with Gasteiger partial charge in [-0.25, -0.2) is 4.99 Å². The molecular weight excluding hydrogens is 411 g/mol. The monoisotopic (exact) mass is 438 g/mol. The number of aliphatic imine (C=N–C) groups is 1. The average molecular weight is 438 g/mol. The maximum Gasteiger partial charge on any atom is 0.191 e. The number of ether oxygens (including phenoxy) is 2. The van der Waals surface area contributed by atoms with Crippen molar-refractivity contribution in [1.82, 2.24) is 15.8 Å². The topological polar surface area (TPSA) is 80.9 Å². The highest BCUT2D eigenvalue weighted by Crippen LogP contribution is 2.11. The normalized spacial score (nSPS) is 17.8. The predicted molar refractivity (Wildman–Crippen MR) is 99.1 cm³/mol. The fourth-order valence-electron chi connectivity index (χ4n) is 2.19. The third-order valence-electron chi connectivity index (χ3n) is 3.32. The van der Waals surface area contributed by atoms with Gasteiger partial charge in [-0.15, -0.1) is 24.0 Å². The fraction of sp³-hybridized carbons (Fsp3) is 0.733. The first-order chi connectivity index (χ1) is 10.9. The highest BCUT2D eigenvalue weighted by molar-refractivity contribution is 14.0. The van der Waals surface area contributed by atoms with Crippen LogP contribution >= 0.6 is 24.0 Å². The molecule has 0 radical (unpaired) electrons. The maximum atomic E-state index is 5.63. The SMILES string of the molecule is CCNC(=NCc1ccon1)NCCCOCC1CCCO1.I. The van der Waals surface area contributed by atoms with E-state index in [9.17, 15) is 0 Å². The second-order valence-electron chi connectivity index (χ2n) is 5.18. The van der Waals surface area contributed by atoms with Crippen molar-refractivity contribution in [3.63, 3.8) is 0 Å². The average Bonchev–Trinajstić information content (AvgIpc) is 3.21. The summed E-state index contributed by atoms with van der Waals surface area (Å²) in [6, 6.07) is 1.81. The van der Waals surface area contributed by atoms with Crippen LogP contribution in [0.3, 0.4) is 0 Å².